The van der Waals surface area contributed by atoms with Crippen molar-refractivity contribution in [3.05, 3.63) is 30.1 Å². The molecule has 0 radical (unpaired) electrons. The van der Waals surface area contributed by atoms with Crippen LogP contribution in [-0.4, -0.2) is 4.98 Å². The van der Waals surface area contributed by atoms with Crippen LogP contribution in [0.2, 0.25) is 0 Å². The first-order valence-electron chi connectivity index (χ1n) is 2.34. The number of hydrogen-bond acceptors (Lipinski definition) is 1. The number of nitrogens with zero attached hydrogens (tertiary/aromatic N) is 1. The van der Waals surface area contributed by atoms with E-state index in [0.717, 1.165) is 5.69 Å². The van der Waals surface area contributed by atoms with Gasteiger partial charge in [0.15, 0.2) is 0 Å². The molecule has 1 aromatic rings. The Hall–Kier alpha value is -0.331. The Morgan fingerprint density at radius 2 is 2.38 bits per heavy atom. The summed E-state index contributed by atoms with van der Waals surface area (Å²) in [4.78, 5) is 3.99. The molecule has 0 N–H and O–H groups in total. The van der Waals surface area contributed by atoms with Crippen LogP contribution in [0, 0.1) is 0 Å². The first-order chi connectivity index (χ1) is 3.93. The van der Waals surface area contributed by atoms with E-state index >= 15 is 0 Å². The molecule has 0 aliphatic heterocycles. The molecule has 0 unspecified atom stereocenters. The zero-order valence-corrected chi connectivity index (χ0v) is 5.21. The summed E-state index contributed by atoms with van der Waals surface area (Å²) in [5.41, 5.74) is 0.965. The van der Waals surface area contributed by atoms with Gasteiger partial charge in [0.25, 0.3) is 0 Å². The first kappa shape index (κ1) is 5.80. The van der Waals surface area contributed by atoms with E-state index in [2.05, 4.69) is 4.98 Å². The molecule has 0 bridgehead atoms. The number of pyridine rings is 1. The minimum absolute atomic E-state index is 0.591. The summed E-state index contributed by atoms with van der Waals surface area (Å²) in [7, 11) is 0. The van der Waals surface area contributed by atoms with Gasteiger partial charge in [-0.1, -0.05) is 0 Å². The van der Waals surface area contributed by atoms with Gasteiger partial charge in [0.05, 0.1) is 0 Å². The Bertz CT molecular complexity index is 150. The summed E-state index contributed by atoms with van der Waals surface area (Å²) >= 11 is 4.89. The molecule has 8 heavy (non-hydrogen) atoms. The maximum absolute atomic E-state index is 4.89. The second kappa shape index (κ2) is 2.85. The van der Waals surface area contributed by atoms with Gasteiger partial charge in [-0.2, -0.15) is 0 Å². The Morgan fingerprint density at radius 1 is 1.50 bits per heavy atom. The van der Waals surface area contributed by atoms with E-state index in [9.17, 15) is 0 Å². The van der Waals surface area contributed by atoms with Crippen LogP contribution in [0.5, 0.6) is 0 Å². The summed E-state index contributed by atoms with van der Waals surface area (Å²) in [6.45, 7) is 0. The van der Waals surface area contributed by atoms with Gasteiger partial charge in [0, 0.05) is 0 Å². The van der Waals surface area contributed by atoms with Crippen LogP contribution in [0.25, 0.3) is 0 Å². The van der Waals surface area contributed by atoms with E-state index in [1.807, 2.05) is 18.2 Å². The van der Waals surface area contributed by atoms with E-state index in [0.29, 0.717) is 5.32 Å². The van der Waals surface area contributed by atoms with Crippen molar-refractivity contribution in [3.8, 4) is 0 Å². The molecule has 2 heteroatoms. The van der Waals surface area contributed by atoms with E-state index < -0.39 is 0 Å². The Labute approximate surface area is 57.0 Å². The third-order valence-electron chi connectivity index (χ3n) is 0.835. The summed E-state index contributed by atoms with van der Waals surface area (Å²) in [6, 6.07) is 5.74. The van der Waals surface area contributed by atoms with Crippen LogP contribution in [-0.2, 0) is 21.3 Å². The fourth-order valence-electron chi connectivity index (χ4n) is 0.461. The molecule has 0 atom stereocenters. The van der Waals surface area contributed by atoms with E-state index in [-0.39, 0.29) is 0 Å². The fourth-order valence-corrected chi connectivity index (χ4v) is 0.658. The van der Waals surface area contributed by atoms with Crippen molar-refractivity contribution < 1.29 is 16.0 Å². The Morgan fingerprint density at radius 3 is 2.75 bits per heavy atom. The molecule has 1 nitrogen and oxygen atoms in total. The summed E-state index contributed by atoms with van der Waals surface area (Å²) in [6.07, 6.45) is 1.75. The quantitative estimate of drug-likeness (QED) is 0.555. The van der Waals surface area contributed by atoms with Crippen molar-refractivity contribution in [2.75, 3.05) is 0 Å². The minimum atomic E-state index is 0.591. The van der Waals surface area contributed by atoms with Gasteiger partial charge >= 0.3 is 56.4 Å². The van der Waals surface area contributed by atoms with Crippen molar-refractivity contribution >= 4 is 0 Å². The summed E-state index contributed by atoms with van der Waals surface area (Å²) < 4.78 is 0. The molecule has 0 amide bonds. The molecule has 0 saturated carbocycles. The second-order valence-corrected chi connectivity index (χ2v) is 1.76. The monoisotopic (exact) mass is 155 g/mol. The van der Waals surface area contributed by atoms with Crippen LogP contribution >= 0.6 is 0 Å². The van der Waals surface area contributed by atoms with Gasteiger partial charge in [0.2, 0.25) is 0 Å². The third-order valence-corrected chi connectivity index (χ3v) is 1.18. The van der Waals surface area contributed by atoms with Crippen molar-refractivity contribution in [1.82, 2.24) is 4.98 Å². The Balaban J connectivity index is 2.83. The van der Waals surface area contributed by atoms with Crippen LogP contribution in [0.3, 0.4) is 0 Å². The van der Waals surface area contributed by atoms with Crippen LogP contribution in [0.1, 0.15) is 5.69 Å². The zero-order valence-electron chi connectivity index (χ0n) is 4.27. The SMILES string of the molecule is [Cu][CH2]c1ccccn1. The molecular formula is C6H6CuN. The van der Waals surface area contributed by atoms with Crippen molar-refractivity contribution in [3.63, 3.8) is 0 Å². The zero-order chi connectivity index (χ0) is 5.82. The number of rotatable bonds is 1. The molecule has 46 valence electrons. The molecule has 1 rings (SSSR count). The summed E-state index contributed by atoms with van der Waals surface area (Å²) in [5.74, 6) is 0. The fraction of sp³-hybridized carbons (Fsp3) is 0.167. The van der Waals surface area contributed by atoms with Gasteiger partial charge < -0.3 is 0 Å². The number of aromatic nitrogens is 1. The van der Waals surface area contributed by atoms with E-state index in [1.165, 1.54) is 0 Å². The molecule has 0 fully saturated rings. The van der Waals surface area contributed by atoms with Crippen LogP contribution in [0.4, 0.5) is 0 Å². The van der Waals surface area contributed by atoms with Crippen LogP contribution < -0.4 is 0 Å². The van der Waals surface area contributed by atoms with Gasteiger partial charge in [-0.3, -0.25) is 0 Å². The molecule has 0 aromatic carbocycles. The molecule has 1 heterocycles. The molecule has 0 aliphatic carbocycles. The molecule has 0 saturated heterocycles. The Kier molecular flexibility index (Phi) is 2.07. The van der Waals surface area contributed by atoms with Gasteiger partial charge in [0.1, 0.15) is 0 Å². The van der Waals surface area contributed by atoms with E-state index in [4.69, 9.17) is 16.0 Å². The average Bonchev–Trinajstić information content (AvgIpc) is 1.90. The normalized spacial score (nSPS) is 9.25. The van der Waals surface area contributed by atoms with Gasteiger partial charge in [-0.25, -0.2) is 0 Å². The van der Waals surface area contributed by atoms with Crippen LogP contribution in [0.15, 0.2) is 24.4 Å². The van der Waals surface area contributed by atoms with E-state index in [1.54, 1.807) is 6.20 Å². The molecule has 0 spiro atoms. The molecular weight excluding hydrogens is 150 g/mol. The van der Waals surface area contributed by atoms with Crippen molar-refractivity contribution in [2.24, 2.45) is 0 Å². The maximum atomic E-state index is 4.89. The predicted molar refractivity (Wildman–Crippen MR) is 27.9 cm³/mol. The van der Waals surface area contributed by atoms with Gasteiger partial charge in [-0.05, 0) is 0 Å². The topological polar surface area (TPSA) is 12.9 Å². The average molecular weight is 156 g/mol. The predicted octanol–water partition coefficient (Wildman–Crippen LogP) is 1.13. The summed E-state index contributed by atoms with van der Waals surface area (Å²) in [5, 5.41) is 0.591. The second-order valence-electron chi connectivity index (χ2n) is 1.43. The number of hydrogen-bond donors (Lipinski definition) is 0. The molecule has 0 aliphatic rings. The standard InChI is InChI=1S/C6H6N.Cu/c1-6-4-2-3-5-7-6;/h2-5H,1H2;. The molecule has 1 aromatic heterocycles. The van der Waals surface area contributed by atoms with Gasteiger partial charge in [-0.15, -0.1) is 0 Å². The van der Waals surface area contributed by atoms with Crippen molar-refractivity contribution in [2.45, 2.75) is 5.32 Å². The van der Waals surface area contributed by atoms with Crippen molar-refractivity contribution in [1.29, 1.82) is 0 Å². The first-order valence-corrected chi connectivity index (χ1v) is 3.00. The third kappa shape index (κ3) is 1.32.